The van der Waals surface area contributed by atoms with Crippen LogP contribution < -0.4 is 10.8 Å². The molecule has 0 bridgehead atoms. The number of carbonyl (C=O) groups is 3. The molecule has 0 heterocycles. The van der Waals surface area contributed by atoms with E-state index in [4.69, 9.17) is 4.84 Å². The van der Waals surface area contributed by atoms with Crippen LogP contribution in [-0.2, 0) is 27.5 Å². The Morgan fingerprint density at radius 1 is 0.939 bits per heavy atom. The number of rotatable bonds is 12. The van der Waals surface area contributed by atoms with E-state index in [9.17, 15) is 24.6 Å². The Balaban J connectivity index is 1.94. The molecule has 0 radical (unpaired) electrons. The first-order chi connectivity index (χ1) is 15.8. The molecule has 3 amide bonds. The van der Waals surface area contributed by atoms with Crippen LogP contribution in [-0.4, -0.2) is 58.3 Å². The molecule has 2 rings (SSSR count). The summed E-state index contributed by atoms with van der Waals surface area (Å²) in [4.78, 5) is 43.1. The number of carboxylic acids is 1. The Hall–Kier alpha value is -3.43. The highest BCUT2D eigenvalue weighted by molar-refractivity contribution is 5.84. The number of carboxylic acid groups (broad SMARTS) is 1. The Kier molecular flexibility index (Phi) is 10.3. The average Bonchev–Trinajstić information content (AvgIpc) is 2.79. The highest BCUT2D eigenvalue weighted by atomic mass is 16.7. The van der Waals surface area contributed by atoms with E-state index in [1.807, 2.05) is 50.2 Å². The van der Waals surface area contributed by atoms with Gasteiger partial charge in [0.05, 0.1) is 13.2 Å². The molecule has 2 aromatic carbocycles. The van der Waals surface area contributed by atoms with Gasteiger partial charge in [-0.2, -0.15) is 0 Å². The van der Waals surface area contributed by atoms with E-state index in [1.54, 1.807) is 24.3 Å². The number of urea groups is 1. The number of hydrogen-bond acceptors (Lipinski definition) is 5. The maximum absolute atomic E-state index is 12.8. The zero-order chi connectivity index (χ0) is 24.2. The zero-order valence-electron chi connectivity index (χ0n) is 18.8. The van der Waals surface area contributed by atoms with E-state index in [1.165, 1.54) is 4.90 Å². The lowest BCUT2D eigenvalue weighted by Crippen LogP contribution is -2.53. The third kappa shape index (κ3) is 9.30. The summed E-state index contributed by atoms with van der Waals surface area (Å²) in [6.07, 6.45) is -1.45. The molecule has 178 valence electrons. The standard InChI is InChI=1S/C24H31N3O6/c1-17(2)14-27(15-21(28)22(29)26-33-16-19-11-7-4-8-12-19)24(32)25-20(23(30)31)13-18-9-5-3-6-10-18/h3-12,17,20-21,28H,13-16H2,1-2H3,(H,25,32)(H,26,29)(H,30,31)/t20-,21-/m0/s1. The molecule has 0 unspecified atom stereocenters. The van der Waals surface area contributed by atoms with Gasteiger partial charge >= 0.3 is 12.0 Å². The van der Waals surface area contributed by atoms with Crippen molar-refractivity contribution >= 4 is 17.9 Å². The SMILES string of the molecule is CC(C)CN(C[C@H](O)C(=O)NOCc1ccccc1)C(=O)N[C@@H](Cc1ccccc1)C(=O)O. The maximum Gasteiger partial charge on any atom is 0.326 e. The fourth-order valence-corrected chi connectivity index (χ4v) is 3.10. The summed E-state index contributed by atoms with van der Waals surface area (Å²) in [7, 11) is 0. The Labute approximate surface area is 193 Å². The van der Waals surface area contributed by atoms with Gasteiger partial charge in [-0.1, -0.05) is 74.5 Å². The summed E-state index contributed by atoms with van der Waals surface area (Å²) >= 11 is 0. The molecular formula is C24H31N3O6. The van der Waals surface area contributed by atoms with Crippen molar-refractivity contribution in [2.45, 2.75) is 39.0 Å². The molecule has 0 spiro atoms. The lowest BCUT2D eigenvalue weighted by atomic mass is 10.1. The van der Waals surface area contributed by atoms with Crippen molar-refractivity contribution in [2.75, 3.05) is 13.1 Å². The molecule has 4 N–H and O–H groups in total. The monoisotopic (exact) mass is 457 g/mol. The lowest BCUT2D eigenvalue weighted by Gasteiger charge is -2.28. The molecule has 33 heavy (non-hydrogen) atoms. The van der Waals surface area contributed by atoms with E-state index in [-0.39, 0.29) is 32.0 Å². The van der Waals surface area contributed by atoms with Gasteiger partial charge in [-0.3, -0.25) is 9.63 Å². The van der Waals surface area contributed by atoms with E-state index in [2.05, 4.69) is 10.8 Å². The van der Waals surface area contributed by atoms with Gasteiger partial charge in [0, 0.05) is 13.0 Å². The molecule has 0 aliphatic rings. The number of aliphatic carboxylic acids is 1. The van der Waals surface area contributed by atoms with E-state index in [0.29, 0.717) is 0 Å². The van der Waals surface area contributed by atoms with E-state index in [0.717, 1.165) is 11.1 Å². The lowest BCUT2D eigenvalue weighted by molar-refractivity contribution is -0.144. The molecule has 0 saturated carbocycles. The number of carbonyl (C=O) groups excluding carboxylic acids is 2. The second kappa shape index (κ2) is 13.2. The largest absolute Gasteiger partial charge is 0.480 e. The summed E-state index contributed by atoms with van der Waals surface area (Å²) < 4.78 is 0. The fraction of sp³-hybridized carbons (Fsp3) is 0.375. The second-order valence-corrected chi connectivity index (χ2v) is 8.09. The number of nitrogens with one attached hydrogen (secondary N) is 2. The highest BCUT2D eigenvalue weighted by Gasteiger charge is 2.27. The minimum Gasteiger partial charge on any atom is -0.480 e. The fourth-order valence-electron chi connectivity index (χ4n) is 3.10. The van der Waals surface area contributed by atoms with Gasteiger partial charge in [0.15, 0.2) is 6.10 Å². The van der Waals surface area contributed by atoms with E-state index < -0.39 is 30.1 Å². The molecule has 9 heteroatoms. The summed E-state index contributed by atoms with van der Waals surface area (Å²) in [6.45, 7) is 3.76. The smallest absolute Gasteiger partial charge is 0.326 e. The van der Waals surface area contributed by atoms with Crippen LogP contribution in [0.2, 0.25) is 0 Å². The minimum absolute atomic E-state index is 0.0257. The Morgan fingerprint density at radius 2 is 1.52 bits per heavy atom. The molecular weight excluding hydrogens is 426 g/mol. The third-order valence-corrected chi connectivity index (χ3v) is 4.70. The predicted molar refractivity (Wildman–Crippen MR) is 122 cm³/mol. The predicted octanol–water partition coefficient (Wildman–Crippen LogP) is 1.96. The van der Waals surface area contributed by atoms with Gasteiger partial charge in [-0.25, -0.2) is 15.1 Å². The molecule has 2 atom stereocenters. The van der Waals surface area contributed by atoms with Crippen LogP contribution in [0, 0.1) is 5.92 Å². The van der Waals surface area contributed by atoms with Gasteiger partial charge < -0.3 is 20.4 Å². The highest BCUT2D eigenvalue weighted by Crippen LogP contribution is 2.07. The van der Waals surface area contributed by atoms with Crippen LogP contribution in [0.5, 0.6) is 0 Å². The zero-order valence-corrected chi connectivity index (χ0v) is 18.8. The van der Waals surface area contributed by atoms with Crippen LogP contribution in [0.1, 0.15) is 25.0 Å². The van der Waals surface area contributed by atoms with Crippen LogP contribution >= 0.6 is 0 Å². The Morgan fingerprint density at radius 3 is 2.06 bits per heavy atom. The van der Waals surface area contributed by atoms with Gasteiger partial charge in [0.1, 0.15) is 6.04 Å². The first-order valence-corrected chi connectivity index (χ1v) is 10.7. The number of aliphatic hydroxyl groups is 1. The average molecular weight is 458 g/mol. The molecule has 0 aromatic heterocycles. The number of nitrogens with zero attached hydrogens (tertiary/aromatic N) is 1. The minimum atomic E-state index is -1.55. The van der Waals surface area contributed by atoms with Gasteiger partial charge in [-0.05, 0) is 17.0 Å². The normalized spacial score (nSPS) is 12.6. The molecule has 9 nitrogen and oxygen atoms in total. The third-order valence-electron chi connectivity index (χ3n) is 4.70. The van der Waals surface area contributed by atoms with Crippen LogP contribution in [0.15, 0.2) is 60.7 Å². The van der Waals surface area contributed by atoms with Crippen LogP contribution in [0.4, 0.5) is 4.79 Å². The van der Waals surface area contributed by atoms with Crippen molar-refractivity contribution in [3.8, 4) is 0 Å². The molecule has 0 aliphatic carbocycles. The quantitative estimate of drug-likeness (QED) is 0.361. The summed E-state index contributed by atoms with van der Waals surface area (Å²) in [5.74, 6) is -1.95. The van der Waals surface area contributed by atoms with Gasteiger partial charge in [0.25, 0.3) is 5.91 Å². The first kappa shape index (κ1) is 25.8. The summed E-state index contributed by atoms with van der Waals surface area (Å²) in [5.41, 5.74) is 3.78. The topological polar surface area (TPSA) is 128 Å². The second-order valence-electron chi connectivity index (χ2n) is 8.09. The van der Waals surface area contributed by atoms with Crippen molar-refractivity contribution < 1.29 is 29.4 Å². The maximum atomic E-state index is 12.8. The first-order valence-electron chi connectivity index (χ1n) is 10.7. The number of amides is 3. The molecule has 0 aliphatic heterocycles. The molecule has 0 fully saturated rings. The van der Waals surface area contributed by atoms with E-state index >= 15 is 0 Å². The Bertz CT molecular complexity index is 892. The van der Waals surface area contributed by atoms with Crippen molar-refractivity contribution in [1.29, 1.82) is 0 Å². The molecule has 2 aromatic rings. The summed E-state index contributed by atoms with van der Waals surface area (Å²) in [6, 6.07) is 16.3. The van der Waals surface area contributed by atoms with Crippen molar-refractivity contribution in [1.82, 2.24) is 15.7 Å². The van der Waals surface area contributed by atoms with Crippen LogP contribution in [0.25, 0.3) is 0 Å². The van der Waals surface area contributed by atoms with Crippen molar-refractivity contribution in [3.63, 3.8) is 0 Å². The van der Waals surface area contributed by atoms with Crippen molar-refractivity contribution in [2.24, 2.45) is 5.92 Å². The van der Waals surface area contributed by atoms with Gasteiger partial charge in [0.2, 0.25) is 0 Å². The number of benzene rings is 2. The molecule has 0 saturated heterocycles. The summed E-state index contributed by atoms with van der Waals surface area (Å²) in [5, 5.41) is 22.3. The number of hydrogen-bond donors (Lipinski definition) is 4. The number of aliphatic hydroxyl groups excluding tert-OH is 1. The number of hydroxylamine groups is 1. The van der Waals surface area contributed by atoms with Crippen LogP contribution in [0.3, 0.4) is 0 Å². The van der Waals surface area contributed by atoms with Crippen molar-refractivity contribution in [3.05, 3.63) is 71.8 Å². The van der Waals surface area contributed by atoms with Gasteiger partial charge in [-0.15, -0.1) is 0 Å².